The molecule has 1 N–H and O–H groups in total. The van der Waals surface area contributed by atoms with Gasteiger partial charge in [-0.2, -0.15) is 13.2 Å². The van der Waals surface area contributed by atoms with E-state index in [9.17, 15) is 18.0 Å². The number of hydrogen-bond donors (Lipinski definition) is 1. The molecular weight excluding hydrogens is 349 g/mol. The molecule has 0 aliphatic heterocycles. The molecule has 146 valence electrons. The summed E-state index contributed by atoms with van der Waals surface area (Å²) in [5, 5.41) is 9.09. The molecule has 0 radical (unpaired) electrons. The van der Waals surface area contributed by atoms with E-state index < -0.39 is 35.2 Å². The molecular formula is C19H25F3O4. The van der Waals surface area contributed by atoms with Crippen LogP contribution in [0.3, 0.4) is 0 Å². The first kappa shape index (κ1) is 20.6. The van der Waals surface area contributed by atoms with E-state index in [1.54, 1.807) is 0 Å². The van der Waals surface area contributed by atoms with Gasteiger partial charge >= 0.3 is 12.1 Å². The summed E-state index contributed by atoms with van der Waals surface area (Å²) < 4.78 is 51.6. The maximum Gasteiger partial charge on any atom is 0.419 e. The lowest BCUT2D eigenvalue weighted by molar-refractivity contribution is -0.182. The Balaban J connectivity index is 2.33. The average Bonchev–Trinajstić information content (AvgIpc) is 2.53. The Labute approximate surface area is 151 Å². The number of aromatic carboxylic acids is 1. The molecule has 1 unspecified atom stereocenters. The molecule has 1 aromatic rings. The molecule has 1 aliphatic carbocycles. The van der Waals surface area contributed by atoms with Gasteiger partial charge in [-0.05, 0) is 31.0 Å². The smallest absolute Gasteiger partial charge is 0.419 e. The minimum Gasteiger partial charge on any atom is -0.478 e. The zero-order chi connectivity index (χ0) is 19.5. The zero-order valence-electron chi connectivity index (χ0n) is 15.2. The average molecular weight is 374 g/mol. The third kappa shape index (κ3) is 5.37. The highest BCUT2D eigenvalue weighted by molar-refractivity contribution is 5.88. The van der Waals surface area contributed by atoms with Gasteiger partial charge in [0.05, 0.1) is 17.2 Å². The fourth-order valence-corrected chi connectivity index (χ4v) is 2.89. The molecule has 0 bridgehead atoms. The van der Waals surface area contributed by atoms with Crippen LogP contribution in [0.25, 0.3) is 0 Å². The molecule has 0 heterocycles. The molecule has 1 aromatic carbocycles. The lowest BCUT2D eigenvalue weighted by Gasteiger charge is -2.35. The highest BCUT2D eigenvalue weighted by Crippen LogP contribution is 2.39. The van der Waals surface area contributed by atoms with Gasteiger partial charge in [0.15, 0.2) is 0 Å². The van der Waals surface area contributed by atoms with Crippen LogP contribution in [0.2, 0.25) is 0 Å². The maximum atomic E-state index is 13.3. The molecule has 0 saturated heterocycles. The molecule has 0 amide bonds. The van der Waals surface area contributed by atoms with Crippen LogP contribution >= 0.6 is 0 Å². The van der Waals surface area contributed by atoms with Gasteiger partial charge in [0.25, 0.3) is 0 Å². The third-order valence-corrected chi connectivity index (χ3v) is 4.34. The van der Waals surface area contributed by atoms with Crippen LogP contribution in [0, 0.1) is 5.41 Å². The van der Waals surface area contributed by atoms with E-state index in [4.69, 9.17) is 14.6 Å². The van der Waals surface area contributed by atoms with E-state index in [0.29, 0.717) is 0 Å². The second-order valence-corrected chi connectivity index (χ2v) is 7.73. The summed E-state index contributed by atoms with van der Waals surface area (Å²) in [6.45, 7) is 5.44. The summed E-state index contributed by atoms with van der Waals surface area (Å²) >= 11 is 0. The van der Waals surface area contributed by atoms with Crippen LogP contribution in [-0.2, 0) is 10.9 Å². The minimum absolute atomic E-state index is 0.0648. The number of rotatable bonds is 5. The molecule has 1 atom stereocenters. The summed E-state index contributed by atoms with van der Waals surface area (Å²) in [7, 11) is 0. The highest BCUT2D eigenvalue weighted by Gasteiger charge is 2.38. The van der Waals surface area contributed by atoms with E-state index in [1.807, 2.05) is 20.8 Å². The van der Waals surface area contributed by atoms with Crippen molar-refractivity contribution in [3.63, 3.8) is 0 Å². The number of carbonyl (C=O) groups is 1. The van der Waals surface area contributed by atoms with Gasteiger partial charge in [-0.15, -0.1) is 0 Å². The Morgan fingerprint density at radius 3 is 2.27 bits per heavy atom. The Hall–Kier alpha value is -1.76. The molecule has 0 aromatic heterocycles. The Morgan fingerprint density at radius 1 is 1.15 bits per heavy atom. The number of alkyl halides is 3. The number of benzene rings is 1. The molecule has 7 heteroatoms. The van der Waals surface area contributed by atoms with Gasteiger partial charge < -0.3 is 14.6 Å². The van der Waals surface area contributed by atoms with Gasteiger partial charge in [0.1, 0.15) is 5.75 Å². The van der Waals surface area contributed by atoms with Crippen molar-refractivity contribution >= 4 is 5.97 Å². The van der Waals surface area contributed by atoms with Crippen molar-refractivity contribution in [3.05, 3.63) is 29.3 Å². The van der Waals surface area contributed by atoms with Crippen molar-refractivity contribution in [3.8, 4) is 5.75 Å². The van der Waals surface area contributed by atoms with Crippen LogP contribution in [0.15, 0.2) is 18.2 Å². The largest absolute Gasteiger partial charge is 0.478 e. The first-order chi connectivity index (χ1) is 12.0. The molecule has 1 fully saturated rings. The van der Waals surface area contributed by atoms with Crippen molar-refractivity contribution < 1.29 is 32.5 Å². The Morgan fingerprint density at radius 2 is 1.77 bits per heavy atom. The van der Waals surface area contributed by atoms with Gasteiger partial charge in [0.2, 0.25) is 6.29 Å². The normalized spacial score (nSPS) is 17.8. The third-order valence-electron chi connectivity index (χ3n) is 4.34. The molecule has 1 aliphatic rings. The maximum absolute atomic E-state index is 13.3. The number of hydrogen-bond acceptors (Lipinski definition) is 3. The van der Waals surface area contributed by atoms with E-state index in [1.165, 1.54) is 0 Å². The predicted molar refractivity (Wildman–Crippen MR) is 90.2 cm³/mol. The highest BCUT2D eigenvalue weighted by atomic mass is 19.4. The summed E-state index contributed by atoms with van der Waals surface area (Å²) in [5.74, 6) is -1.84. The topological polar surface area (TPSA) is 55.8 Å². The van der Waals surface area contributed by atoms with Crippen molar-refractivity contribution in [1.82, 2.24) is 0 Å². The van der Waals surface area contributed by atoms with E-state index in [-0.39, 0.29) is 11.7 Å². The van der Waals surface area contributed by atoms with Crippen molar-refractivity contribution in [2.24, 2.45) is 5.41 Å². The number of ether oxygens (including phenoxy) is 2. The van der Waals surface area contributed by atoms with E-state index in [0.717, 1.165) is 50.3 Å². The second-order valence-electron chi connectivity index (χ2n) is 7.73. The predicted octanol–water partition coefficient (Wildman–Crippen LogP) is 5.50. The van der Waals surface area contributed by atoms with Gasteiger partial charge in [-0.25, -0.2) is 4.79 Å². The lowest BCUT2D eigenvalue weighted by Crippen LogP contribution is -2.39. The Bertz CT molecular complexity index is 629. The summed E-state index contributed by atoms with van der Waals surface area (Å²) in [6, 6.07) is 2.57. The van der Waals surface area contributed by atoms with Crippen molar-refractivity contribution in [2.75, 3.05) is 0 Å². The first-order valence-electron chi connectivity index (χ1n) is 8.75. The molecule has 4 nitrogen and oxygen atoms in total. The standard InChI is InChI=1S/C19H25F3O4/c1-18(2,3)17(25-13-7-5-4-6-8-13)26-15-11-12(16(23)24)9-10-14(15)19(20,21)22/h9-11,13,17H,4-8H2,1-3H3,(H,23,24). The van der Waals surface area contributed by atoms with Crippen molar-refractivity contribution in [1.29, 1.82) is 0 Å². The van der Waals surface area contributed by atoms with Crippen LogP contribution < -0.4 is 4.74 Å². The molecule has 2 rings (SSSR count). The first-order valence-corrected chi connectivity index (χ1v) is 8.75. The summed E-state index contributed by atoms with van der Waals surface area (Å²) in [4.78, 5) is 11.1. The van der Waals surface area contributed by atoms with Crippen LogP contribution in [-0.4, -0.2) is 23.5 Å². The number of carboxylic acids is 1. The number of carboxylic acid groups (broad SMARTS) is 1. The molecule has 26 heavy (non-hydrogen) atoms. The minimum atomic E-state index is -4.65. The number of halogens is 3. The molecule has 1 saturated carbocycles. The Kier molecular flexibility index (Phi) is 6.21. The fourth-order valence-electron chi connectivity index (χ4n) is 2.89. The lowest BCUT2D eigenvalue weighted by atomic mass is 9.94. The van der Waals surface area contributed by atoms with Crippen LogP contribution in [0.5, 0.6) is 5.75 Å². The van der Waals surface area contributed by atoms with Gasteiger partial charge in [-0.1, -0.05) is 40.0 Å². The summed E-state index contributed by atoms with van der Waals surface area (Å²) in [6.07, 6.45) is -0.789. The SMILES string of the molecule is CC(C)(C)C(Oc1cc(C(=O)O)ccc1C(F)(F)F)OC1CCCCC1. The quantitative estimate of drug-likeness (QED) is 0.691. The fraction of sp³-hybridized carbons (Fsp3) is 0.632. The van der Waals surface area contributed by atoms with Gasteiger partial charge in [0, 0.05) is 5.41 Å². The summed E-state index contributed by atoms with van der Waals surface area (Å²) in [5.41, 5.74) is -1.86. The second kappa shape index (κ2) is 7.86. The van der Waals surface area contributed by atoms with Crippen molar-refractivity contribution in [2.45, 2.75) is 71.4 Å². The monoisotopic (exact) mass is 374 g/mol. The van der Waals surface area contributed by atoms with Crippen LogP contribution in [0.1, 0.15) is 68.8 Å². The zero-order valence-corrected chi connectivity index (χ0v) is 15.2. The van der Waals surface area contributed by atoms with E-state index in [2.05, 4.69) is 0 Å². The van der Waals surface area contributed by atoms with E-state index >= 15 is 0 Å². The molecule has 0 spiro atoms. The van der Waals surface area contributed by atoms with Gasteiger partial charge in [-0.3, -0.25) is 0 Å². The van der Waals surface area contributed by atoms with Crippen LogP contribution in [0.4, 0.5) is 13.2 Å².